The first kappa shape index (κ1) is 13.0. The van der Waals surface area contributed by atoms with Crippen molar-refractivity contribution in [2.75, 3.05) is 18.8 Å². The molecule has 0 radical (unpaired) electrons. The maximum absolute atomic E-state index is 12.3. The second-order valence-electron chi connectivity index (χ2n) is 4.45. The highest BCUT2D eigenvalue weighted by atomic mass is 79.9. The number of hydrogen-bond acceptors (Lipinski definition) is 2. The number of benzene rings is 1. The molecule has 2 nitrogen and oxygen atoms in total. The summed E-state index contributed by atoms with van der Waals surface area (Å²) in [5.74, 6) is 1.20. The Balaban J connectivity index is 2.18. The first-order chi connectivity index (χ1) is 8.06. The summed E-state index contributed by atoms with van der Waals surface area (Å²) in [4.78, 5) is 14.3. The second-order valence-corrected chi connectivity index (χ2v) is 6.91. The fourth-order valence-corrected chi connectivity index (χ4v) is 3.67. The molecule has 4 heteroatoms. The molecule has 1 aromatic carbocycles. The van der Waals surface area contributed by atoms with E-state index in [1.54, 1.807) is 0 Å². The van der Waals surface area contributed by atoms with E-state index in [1.807, 2.05) is 41.8 Å². The van der Waals surface area contributed by atoms with Crippen molar-refractivity contribution in [3.05, 3.63) is 33.8 Å². The lowest BCUT2D eigenvalue weighted by Crippen LogP contribution is -2.41. The normalized spacial score (nSPS) is 20.4. The average Bonchev–Trinajstić information content (AvgIpc) is 2.26. The molecule has 92 valence electrons. The SMILES string of the molecule is Cc1cc(Br)cc(C(=O)N2CCSC(C)C2)c1. The molecule has 0 N–H and O–H groups in total. The lowest BCUT2D eigenvalue weighted by atomic mass is 10.1. The maximum atomic E-state index is 12.3. The molecule has 1 fully saturated rings. The molecule has 0 saturated carbocycles. The summed E-state index contributed by atoms with van der Waals surface area (Å²) in [6, 6.07) is 5.88. The van der Waals surface area contributed by atoms with Crippen molar-refractivity contribution in [3.8, 4) is 0 Å². The quantitative estimate of drug-likeness (QED) is 0.792. The van der Waals surface area contributed by atoms with E-state index in [1.165, 1.54) is 0 Å². The maximum Gasteiger partial charge on any atom is 0.253 e. The van der Waals surface area contributed by atoms with Gasteiger partial charge in [0, 0.05) is 34.1 Å². The molecule has 1 atom stereocenters. The fourth-order valence-electron chi connectivity index (χ4n) is 2.05. The number of nitrogens with zero attached hydrogens (tertiary/aromatic N) is 1. The van der Waals surface area contributed by atoms with Crippen LogP contribution >= 0.6 is 27.7 Å². The van der Waals surface area contributed by atoms with Crippen LogP contribution in [0.25, 0.3) is 0 Å². The van der Waals surface area contributed by atoms with Gasteiger partial charge in [-0.05, 0) is 30.7 Å². The van der Waals surface area contributed by atoms with Crippen LogP contribution in [0, 0.1) is 6.92 Å². The van der Waals surface area contributed by atoms with Crippen molar-refractivity contribution in [3.63, 3.8) is 0 Å². The second kappa shape index (κ2) is 5.44. The molecule has 1 heterocycles. The van der Waals surface area contributed by atoms with E-state index in [4.69, 9.17) is 0 Å². The van der Waals surface area contributed by atoms with Gasteiger partial charge in [0.25, 0.3) is 5.91 Å². The Hall–Kier alpha value is -0.480. The van der Waals surface area contributed by atoms with E-state index < -0.39 is 0 Å². The summed E-state index contributed by atoms with van der Waals surface area (Å²) >= 11 is 5.38. The smallest absolute Gasteiger partial charge is 0.253 e. The molecule has 1 aromatic rings. The molecule has 0 aromatic heterocycles. The van der Waals surface area contributed by atoms with Crippen molar-refractivity contribution in [1.29, 1.82) is 0 Å². The van der Waals surface area contributed by atoms with Crippen LogP contribution in [0.5, 0.6) is 0 Å². The minimum absolute atomic E-state index is 0.154. The number of aryl methyl sites for hydroxylation is 1. The number of hydrogen-bond donors (Lipinski definition) is 0. The molecule has 1 aliphatic rings. The van der Waals surface area contributed by atoms with Gasteiger partial charge >= 0.3 is 0 Å². The van der Waals surface area contributed by atoms with Gasteiger partial charge in [0.2, 0.25) is 0 Å². The van der Waals surface area contributed by atoms with Gasteiger partial charge in [0.15, 0.2) is 0 Å². The van der Waals surface area contributed by atoms with Gasteiger partial charge in [-0.1, -0.05) is 22.9 Å². The molecular weight excluding hydrogens is 298 g/mol. The average molecular weight is 314 g/mol. The zero-order valence-electron chi connectivity index (χ0n) is 10.1. The number of halogens is 1. The van der Waals surface area contributed by atoms with Crippen molar-refractivity contribution < 1.29 is 4.79 Å². The molecule has 1 aliphatic heterocycles. The van der Waals surface area contributed by atoms with Crippen LogP contribution in [-0.4, -0.2) is 34.9 Å². The molecule has 1 saturated heterocycles. The summed E-state index contributed by atoms with van der Waals surface area (Å²) < 4.78 is 0.972. The van der Waals surface area contributed by atoms with Crippen LogP contribution < -0.4 is 0 Å². The third-order valence-electron chi connectivity index (χ3n) is 2.82. The number of amides is 1. The summed E-state index contributed by atoms with van der Waals surface area (Å²) in [7, 11) is 0. The molecule has 17 heavy (non-hydrogen) atoms. The Morgan fingerprint density at radius 2 is 2.24 bits per heavy atom. The Morgan fingerprint density at radius 3 is 2.88 bits per heavy atom. The van der Waals surface area contributed by atoms with Crippen LogP contribution in [0.1, 0.15) is 22.8 Å². The number of rotatable bonds is 1. The molecule has 0 bridgehead atoms. The van der Waals surface area contributed by atoms with Gasteiger partial charge in [-0.15, -0.1) is 0 Å². The van der Waals surface area contributed by atoms with E-state index >= 15 is 0 Å². The number of thioether (sulfide) groups is 1. The van der Waals surface area contributed by atoms with Gasteiger partial charge in [0.05, 0.1) is 0 Å². The molecule has 0 spiro atoms. The highest BCUT2D eigenvalue weighted by molar-refractivity contribution is 9.10. The lowest BCUT2D eigenvalue weighted by Gasteiger charge is -2.30. The van der Waals surface area contributed by atoms with Gasteiger partial charge < -0.3 is 4.90 Å². The largest absolute Gasteiger partial charge is 0.337 e. The third kappa shape index (κ3) is 3.26. The minimum atomic E-state index is 0.154. The van der Waals surface area contributed by atoms with Crippen LogP contribution in [0.3, 0.4) is 0 Å². The summed E-state index contributed by atoms with van der Waals surface area (Å²) in [5.41, 5.74) is 1.90. The van der Waals surface area contributed by atoms with E-state index in [0.717, 1.165) is 34.4 Å². The van der Waals surface area contributed by atoms with Gasteiger partial charge in [-0.25, -0.2) is 0 Å². The highest BCUT2D eigenvalue weighted by Crippen LogP contribution is 2.21. The van der Waals surface area contributed by atoms with Crippen LogP contribution in [0.2, 0.25) is 0 Å². The Labute approximate surface area is 115 Å². The molecule has 1 unspecified atom stereocenters. The number of carbonyl (C=O) groups excluding carboxylic acids is 1. The van der Waals surface area contributed by atoms with Gasteiger partial charge in [-0.3, -0.25) is 4.79 Å². The predicted octanol–water partition coefficient (Wildman–Crippen LogP) is 3.34. The third-order valence-corrected chi connectivity index (χ3v) is 4.41. The van der Waals surface area contributed by atoms with Crippen molar-refractivity contribution >= 4 is 33.6 Å². The van der Waals surface area contributed by atoms with Gasteiger partial charge in [0.1, 0.15) is 0 Å². The predicted molar refractivity (Wildman–Crippen MR) is 76.7 cm³/mol. The van der Waals surface area contributed by atoms with E-state index in [2.05, 4.69) is 22.9 Å². The summed E-state index contributed by atoms with van der Waals surface area (Å²) in [6.07, 6.45) is 0. The highest BCUT2D eigenvalue weighted by Gasteiger charge is 2.22. The topological polar surface area (TPSA) is 20.3 Å². The van der Waals surface area contributed by atoms with Crippen LogP contribution in [-0.2, 0) is 0 Å². The monoisotopic (exact) mass is 313 g/mol. The molecule has 2 rings (SSSR count). The molecule has 1 amide bonds. The zero-order chi connectivity index (χ0) is 12.4. The van der Waals surface area contributed by atoms with Crippen LogP contribution in [0.15, 0.2) is 22.7 Å². The van der Waals surface area contributed by atoms with E-state index in [0.29, 0.717) is 5.25 Å². The Kier molecular flexibility index (Phi) is 4.15. The first-order valence-corrected chi connectivity index (χ1v) is 7.58. The van der Waals surface area contributed by atoms with E-state index in [-0.39, 0.29) is 5.91 Å². The van der Waals surface area contributed by atoms with Crippen molar-refractivity contribution in [2.24, 2.45) is 0 Å². The lowest BCUT2D eigenvalue weighted by molar-refractivity contribution is 0.0763. The zero-order valence-corrected chi connectivity index (χ0v) is 12.5. The molecular formula is C13H16BrNOS. The summed E-state index contributed by atoms with van der Waals surface area (Å²) in [6.45, 7) is 5.90. The fraction of sp³-hybridized carbons (Fsp3) is 0.462. The van der Waals surface area contributed by atoms with Crippen molar-refractivity contribution in [1.82, 2.24) is 4.90 Å². The Bertz CT molecular complexity index is 415. The standard InChI is InChI=1S/C13H16BrNOS/c1-9-5-11(7-12(14)6-9)13(16)15-3-4-17-10(2)8-15/h5-7,10H,3-4,8H2,1-2H3. The Morgan fingerprint density at radius 1 is 1.47 bits per heavy atom. The first-order valence-electron chi connectivity index (χ1n) is 5.74. The van der Waals surface area contributed by atoms with Crippen molar-refractivity contribution in [2.45, 2.75) is 19.1 Å². The summed E-state index contributed by atoms with van der Waals surface area (Å²) in [5, 5.41) is 0.543. The minimum Gasteiger partial charge on any atom is -0.337 e. The van der Waals surface area contributed by atoms with E-state index in [9.17, 15) is 4.79 Å². The molecule has 0 aliphatic carbocycles. The van der Waals surface area contributed by atoms with Crippen LogP contribution in [0.4, 0.5) is 0 Å². The number of carbonyl (C=O) groups is 1. The van der Waals surface area contributed by atoms with Gasteiger partial charge in [-0.2, -0.15) is 11.8 Å².